The molecule has 2 heterocycles. The molecule has 3 nitrogen and oxygen atoms in total. The van der Waals surface area contributed by atoms with Gasteiger partial charge in [0.25, 0.3) is 0 Å². The number of hydrogen-bond donors (Lipinski definition) is 1. The second kappa shape index (κ2) is 5.61. The number of hydrogen-bond acceptors (Lipinski definition) is 3. The average molecular weight is 234 g/mol. The lowest BCUT2D eigenvalue weighted by atomic mass is 9.94. The van der Waals surface area contributed by atoms with E-state index >= 15 is 0 Å². The summed E-state index contributed by atoms with van der Waals surface area (Å²) in [4.78, 5) is 4.13. The predicted octanol–water partition coefficient (Wildman–Crippen LogP) is 2.17. The fraction of sp³-hybridized carbons (Fsp3) is 0.643. The molecule has 0 amide bonds. The monoisotopic (exact) mass is 234 g/mol. The van der Waals surface area contributed by atoms with Crippen molar-refractivity contribution in [2.24, 2.45) is 0 Å². The Morgan fingerprint density at radius 3 is 3.12 bits per heavy atom. The third kappa shape index (κ3) is 4.10. The van der Waals surface area contributed by atoms with E-state index in [0.29, 0.717) is 6.04 Å². The van der Waals surface area contributed by atoms with Crippen molar-refractivity contribution in [2.75, 3.05) is 13.2 Å². The van der Waals surface area contributed by atoms with E-state index in [9.17, 15) is 0 Å². The van der Waals surface area contributed by atoms with Crippen LogP contribution in [0.5, 0.6) is 0 Å². The lowest BCUT2D eigenvalue weighted by Crippen LogP contribution is -2.44. The molecule has 1 aromatic heterocycles. The third-order valence-electron chi connectivity index (χ3n) is 3.27. The van der Waals surface area contributed by atoms with Crippen LogP contribution in [-0.2, 0) is 11.2 Å². The van der Waals surface area contributed by atoms with Crippen LogP contribution in [0.25, 0.3) is 0 Å². The van der Waals surface area contributed by atoms with Crippen LogP contribution in [0.2, 0.25) is 0 Å². The molecule has 3 heteroatoms. The molecule has 0 spiro atoms. The lowest BCUT2D eigenvalue weighted by Gasteiger charge is -2.36. The van der Waals surface area contributed by atoms with E-state index in [2.05, 4.69) is 30.2 Å². The Morgan fingerprint density at radius 2 is 2.41 bits per heavy atom. The second-order valence-electron chi connectivity index (χ2n) is 5.36. The molecular weight excluding hydrogens is 212 g/mol. The molecule has 0 bridgehead atoms. The molecule has 1 saturated heterocycles. The topological polar surface area (TPSA) is 34.2 Å². The first-order chi connectivity index (χ1) is 8.16. The Morgan fingerprint density at radius 1 is 1.53 bits per heavy atom. The zero-order chi connectivity index (χ0) is 12.1. The van der Waals surface area contributed by atoms with E-state index in [4.69, 9.17) is 4.74 Å². The predicted molar refractivity (Wildman–Crippen MR) is 69.0 cm³/mol. The van der Waals surface area contributed by atoms with Gasteiger partial charge in [-0.1, -0.05) is 6.07 Å². The van der Waals surface area contributed by atoms with Crippen molar-refractivity contribution in [1.82, 2.24) is 10.3 Å². The molecule has 1 N–H and O–H groups in total. The van der Waals surface area contributed by atoms with Crippen LogP contribution in [0.15, 0.2) is 24.5 Å². The summed E-state index contributed by atoms with van der Waals surface area (Å²) in [6, 6.07) is 4.71. The van der Waals surface area contributed by atoms with Gasteiger partial charge in [0.15, 0.2) is 0 Å². The van der Waals surface area contributed by atoms with Crippen molar-refractivity contribution in [3.63, 3.8) is 0 Å². The number of nitrogens with one attached hydrogen (secondary N) is 1. The Kier molecular flexibility index (Phi) is 4.13. The zero-order valence-electron chi connectivity index (χ0n) is 10.8. The number of nitrogens with zero attached hydrogens (tertiary/aromatic N) is 1. The van der Waals surface area contributed by atoms with Gasteiger partial charge in [0.2, 0.25) is 0 Å². The number of ether oxygens (including phenoxy) is 1. The Labute approximate surface area is 104 Å². The van der Waals surface area contributed by atoms with Crippen molar-refractivity contribution in [1.29, 1.82) is 0 Å². The Bertz CT molecular complexity index is 337. The maximum Gasteiger partial charge on any atom is 0.0641 e. The molecule has 1 atom stereocenters. The van der Waals surface area contributed by atoms with Crippen LogP contribution in [0.3, 0.4) is 0 Å². The maximum atomic E-state index is 5.71. The molecule has 0 aliphatic carbocycles. The second-order valence-corrected chi connectivity index (χ2v) is 5.36. The third-order valence-corrected chi connectivity index (χ3v) is 3.27. The van der Waals surface area contributed by atoms with Gasteiger partial charge >= 0.3 is 0 Å². The van der Waals surface area contributed by atoms with Gasteiger partial charge in [-0.05, 0) is 51.3 Å². The molecule has 0 saturated carbocycles. The molecule has 1 aromatic rings. The molecule has 1 unspecified atom stereocenters. The van der Waals surface area contributed by atoms with Gasteiger partial charge in [0.1, 0.15) is 0 Å². The maximum absolute atomic E-state index is 5.71. The summed E-state index contributed by atoms with van der Waals surface area (Å²) in [6.07, 6.45) is 7.02. The van der Waals surface area contributed by atoms with E-state index in [1.54, 1.807) is 0 Å². The summed E-state index contributed by atoms with van der Waals surface area (Å²) in [7, 11) is 0. The van der Waals surface area contributed by atoms with E-state index in [0.717, 1.165) is 32.4 Å². The molecule has 17 heavy (non-hydrogen) atoms. The van der Waals surface area contributed by atoms with Crippen molar-refractivity contribution >= 4 is 0 Å². The standard InChI is InChI=1S/C14H22N2O/c1-14(2)10-13(6-9-17-14)16-8-5-12-4-3-7-15-11-12/h3-4,7,11,13,16H,5-6,8-10H2,1-2H3. The highest BCUT2D eigenvalue weighted by Gasteiger charge is 2.28. The fourth-order valence-corrected chi connectivity index (χ4v) is 2.37. The highest BCUT2D eigenvalue weighted by molar-refractivity contribution is 5.08. The van der Waals surface area contributed by atoms with E-state index in [-0.39, 0.29) is 5.60 Å². The van der Waals surface area contributed by atoms with E-state index in [1.807, 2.05) is 18.5 Å². The van der Waals surface area contributed by atoms with E-state index in [1.165, 1.54) is 5.56 Å². The van der Waals surface area contributed by atoms with Gasteiger partial charge in [-0.3, -0.25) is 4.98 Å². The molecule has 0 aromatic carbocycles. The molecule has 2 rings (SSSR count). The highest BCUT2D eigenvalue weighted by atomic mass is 16.5. The quantitative estimate of drug-likeness (QED) is 0.867. The highest BCUT2D eigenvalue weighted by Crippen LogP contribution is 2.23. The van der Waals surface area contributed by atoms with Crippen LogP contribution < -0.4 is 5.32 Å². The summed E-state index contributed by atoms with van der Waals surface area (Å²) < 4.78 is 5.71. The van der Waals surface area contributed by atoms with Crippen LogP contribution in [0, 0.1) is 0 Å². The molecule has 1 aliphatic rings. The number of aromatic nitrogens is 1. The Hall–Kier alpha value is -0.930. The van der Waals surface area contributed by atoms with Crippen molar-refractivity contribution in [3.8, 4) is 0 Å². The smallest absolute Gasteiger partial charge is 0.0641 e. The molecule has 94 valence electrons. The first-order valence-corrected chi connectivity index (χ1v) is 6.42. The van der Waals surface area contributed by atoms with Crippen molar-refractivity contribution < 1.29 is 4.74 Å². The normalized spacial score (nSPS) is 23.5. The van der Waals surface area contributed by atoms with Gasteiger partial charge in [0, 0.05) is 25.0 Å². The molecule has 0 radical (unpaired) electrons. The van der Waals surface area contributed by atoms with Crippen LogP contribution in [0.4, 0.5) is 0 Å². The van der Waals surface area contributed by atoms with Gasteiger partial charge in [-0.15, -0.1) is 0 Å². The average Bonchev–Trinajstić information content (AvgIpc) is 2.29. The molecular formula is C14H22N2O. The minimum atomic E-state index is 0.0320. The molecule has 1 fully saturated rings. The van der Waals surface area contributed by atoms with Crippen molar-refractivity contribution in [2.45, 2.75) is 44.8 Å². The molecule has 1 aliphatic heterocycles. The zero-order valence-corrected chi connectivity index (χ0v) is 10.8. The summed E-state index contributed by atoms with van der Waals surface area (Å²) in [5, 5.41) is 3.62. The Balaban J connectivity index is 1.72. The first kappa shape index (κ1) is 12.5. The SMILES string of the molecule is CC1(C)CC(NCCc2cccnc2)CCO1. The first-order valence-electron chi connectivity index (χ1n) is 6.42. The van der Waals surface area contributed by atoms with Crippen LogP contribution >= 0.6 is 0 Å². The number of pyridine rings is 1. The van der Waals surface area contributed by atoms with Gasteiger partial charge in [0.05, 0.1) is 5.60 Å². The minimum Gasteiger partial charge on any atom is -0.375 e. The fourth-order valence-electron chi connectivity index (χ4n) is 2.37. The summed E-state index contributed by atoms with van der Waals surface area (Å²) >= 11 is 0. The van der Waals surface area contributed by atoms with Gasteiger partial charge in [-0.25, -0.2) is 0 Å². The largest absolute Gasteiger partial charge is 0.375 e. The van der Waals surface area contributed by atoms with Crippen LogP contribution in [0.1, 0.15) is 32.3 Å². The number of rotatable bonds is 4. The summed E-state index contributed by atoms with van der Waals surface area (Å²) in [5.74, 6) is 0. The van der Waals surface area contributed by atoms with E-state index < -0.39 is 0 Å². The minimum absolute atomic E-state index is 0.0320. The summed E-state index contributed by atoms with van der Waals surface area (Å²) in [6.45, 7) is 6.23. The summed E-state index contributed by atoms with van der Waals surface area (Å²) in [5.41, 5.74) is 1.33. The van der Waals surface area contributed by atoms with Gasteiger partial charge < -0.3 is 10.1 Å². The van der Waals surface area contributed by atoms with Crippen molar-refractivity contribution in [3.05, 3.63) is 30.1 Å². The van der Waals surface area contributed by atoms with Gasteiger partial charge in [-0.2, -0.15) is 0 Å². The lowest BCUT2D eigenvalue weighted by molar-refractivity contribution is -0.0627. The van der Waals surface area contributed by atoms with Crippen LogP contribution in [-0.4, -0.2) is 29.8 Å².